The molecular weight excluding hydrogens is 190 g/mol. The van der Waals surface area contributed by atoms with Crippen LogP contribution in [0.1, 0.15) is 26.7 Å². The van der Waals surface area contributed by atoms with Crippen LogP contribution in [0.15, 0.2) is 0 Å². The molecule has 0 aromatic heterocycles. The topological polar surface area (TPSA) is 20.3 Å². The summed E-state index contributed by atoms with van der Waals surface area (Å²) in [6.45, 7) is 4.85. The van der Waals surface area contributed by atoms with E-state index >= 15 is 0 Å². The number of nitrogens with zero attached hydrogens (tertiary/aromatic N) is 1. The van der Waals surface area contributed by atoms with Gasteiger partial charge in [-0.1, -0.05) is 24.1 Å². The van der Waals surface area contributed by atoms with Crippen LogP contribution >= 0.6 is 22.5 Å². The highest BCUT2D eigenvalue weighted by Gasteiger charge is 2.15. The van der Waals surface area contributed by atoms with Gasteiger partial charge in [0.2, 0.25) is 5.91 Å². The Morgan fingerprint density at radius 2 is 2.25 bits per heavy atom. The SMILES string of the molecule is CCCCN(C)C(=O)C(C)SS. The lowest BCUT2D eigenvalue weighted by atomic mass is 10.3. The van der Waals surface area contributed by atoms with E-state index in [1.54, 1.807) is 4.90 Å². The van der Waals surface area contributed by atoms with E-state index in [9.17, 15) is 4.79 Å². The van der Waals surface area contributed by atoms with E-state index in [0.29, 0.717) is 0 Å². The Balaban J connectivity index is 3.75. The van der Waals surface area contributed by atoms with Crippen LogP contribution in [0.25, 0.3) is 0 Å². The summed E-state index contributed by atoms with van der Waals surface area (Å²) in [5.74, 6) is 0.170. The second kappa shape index (κ2) is 6.66. The lowest BCUT2D eigenvalue weighted by Crippen LogP contribution is -2.33. The summed E-state index contributed by atoms with van der Waals surface area (Å²) in [5, 5.41) is -0.0322. The molecule has 0 aliphatic heterocycles. The van der Waals surface area contributed by atoms with Crippen molar-refractivity contribution in [2.24, 2.45) is 0 Å². The van der Waals surface area contributed by atoms with E-state index in [-0.39, 0.29) is 11.2 Å². The van der Waals surface area contributed by atoms with Gasteiger partial charge in [-0.15, -0.1) is 11.7 Å². The van der Waals surface area contributed by atoms with E-state index in [4.69, 9.17) is 0 Å². The maximum atomic E-state index is 11.4. The zero-order chi connectivity index (χ0) is 9.56. The van der Waals surface area contributed by atoms with Gasteiger partial charge in [0.05, 0.1) is 5.25 Å². The third-order valence-electron chi connectivity index (χ3n) is 1.73. The summed E-state index contributed by atoms with van der Waals surface area (Å²) in [7, 11) is 3.14. The number of rotatable bonds is 5. The van der Waals surface area contributed by atoms with Gasteiger partial charge in [0.1, 0.15) is 0 Å². The van der Waals surface area contributed by atoms with Crippen LogP contribution in [0.4, 0.5) is 0 Å². The van der Waals surface area contributed by atoms with Crippen molar-refractivity contribution in [3.8, 4) is 0 Å². The molecule has 0 aliphatic carbocycles. The molecule has 0 radical (unpaired) electrons. The number of amides is 1. The zero-order valence-electron chi connectivity index (χ0n) is 7.91. The van der Waals surface area contributed by atoms with Crippen LogP contribution in [0, 0.1) is 0 Å². The van der Waals surface area contributed by atoms with Crippen molar-refractivity contribution in [1.82, 2.24) is 4.90 Å². The van der Waals surface area contributed by atoms with Gasteiger partial charge in [-0.25, -0.2) is 0 Å². The van der Waals surface area contributed by atoms with E-state index in [1.807, 2.05) is 14.0 Å². The summed E-state index contributed by atoms with van der Waals surface area (Å²) in [5.41, 5.74) is 0. The molecule has 0 saturated heterocycles. The first kappa shape index (κ1) is 12.2. The normalized spacial score (nSPS) is 12.7. The Bertz CT molecular complexity index is 141. The third-order valence-corrected chi connectivity index (χ3v) is 3.20. The summed E-state index contributed by atoms with van der Waals surface area (Å²) >= 11 is 4.01. The molecule has 4 heteroatoms. The van der Waals surface area contributed by atoms with Crippen molar-refractivity contribution < 1.29 is 4.79 Å². The Morgan fingerprint density at radius 3 is 2.67 bits per heavy atom. The van der Waals surface area contributed by atoms with Gasteiger partial charge in [0.15, 0.2) is 0 Å². The number of unbranched alkanes of at least 4 members (excludes halogenated alkanes) is 1. The largest absolute Gasteiger partial charge is 0.345 e. The fraction of sp³-hybridized carbons (Fsp3) is 0.875. The quantitative estimate of drug-likeness (QED) is 0.551. The molecule has 0 spiro atoms. The molecule has 0 aliphatic rings. The first-order valence-corrected chi connectivity index (χ1v) is 6.11. The monoisotopic (exact) mass is 207 g/mol. The average molecular weight is 207 g/mol. The Labute approximate surface area is 83.9 Å². The molecule has 0 fully saturated rings. The third kappa shape index (κ3) is 4.26. The average Bonchev–Trinajstić information content (AvgIpc) is 2.11. The van der Waals surface area contributed by atoms with Gasteiger partial charge in [0, 0.05) is 13.6 Å². The van der Waals surface area contributed by atoms with Crippen molar-refractivity contribution >= 4 is 28.4 Å². The molecule has 1 atom stereocenters. The minimum absolute atomic E-state index is 0.0322. The predicted octanol–water partition coefficient (Wildman–Crippen LogP) is 2.21. The Hall–Kier alpha value is 0.170. The molecular formula is C8H17NOS2. The van der Waals surface area contributed by atoms with Gasteiger partial charge < -0.3 is 4.90 Å². The molecule has 0 bridgehead atoms. The minimum atomic E-state index is -0.0322. The van der Waals surface area contributed by atoms with Crippen LogP contribution in [0.3, 0.4) is 0 Å². The van der Waals surface area contributed by atoms with Crippen LogP contribution in [-0.4, -0.2) is 29.6 Å². The molecule has 0 N–H and O–H groups in total. The summed E-state index contributed by atoms with van der Waals surface area (Å²) in [6.07, 6.45) is 2.20. The van der Waals surface area contributed by atoms with Crippen molar-refractivity contribution in [2.75, 3.05) is 13.6 Å². The summed E-state index contributed by atoms with van der Waals surface area (Å²) in [6, 6.07) is 0. The number of hydrogen-bond donors (Lipinski definition) is 1. The van der Waals surface area contributed by atoms with Crippen molar-refractivity contribution in [3.63, 3.8) is 0 Å². The van der Waals surface area contributed by atoms with Crippen molar-refractivity contribution in [2.45, 2.75) is 31.9 Å². The second-order valence-corrected chi connectivity index (χ2v) is 4.41. The van der Waals surface area contributed by atoms with E-state index < -0.39 is 0 Å². The number of carbonyl (C=O) groups is 1. The number of hydrogen-bond acceptors (Lipinski definition) is 3. The van der Waals surface area contributed by atoms with Crippen molar-refractivity contribution in [1.29, 1.82) is 0 Å². The maximum absolute atomic E-state index is 11.4. The highest BCUT2D eigenvalue weighted by molar-refractivity contribution is 8.69. The molecule has 0 aromatic carbocycles. The smallest absolute Gasteiger partial charge is 0.236 e. The fourth-order valence-electron chi connectivity index (χ4n) is 0.861. The lowest BCUT2D eigenvalue weighted by Gasteiger charge is -2.19. The maximum Gasteiger partial charge on any atom is 0.236 e. The molecule has 1 amide bonds. The Kier molecular flexibility index (Phi) is 6.76. The fourth-order valence-corrected chi connectivity index (χ4v) is 1.40. The highest BCUT2D eigenvalue weighted by atomic mass is 33.1. The van der Waals surface area contributed by atoms with Gasteiger partial charge >= 0.3 is 0 Å². The predicted molar refractivity (Wildman–Crippen MR) is 58.6 cm³/mol. The van der Waals surface area contributed by atoms with Gasteiger partial charge in [-0.2, -0.15) is 0 Å². The number of carbonyl (C=O) groups excluding carboxylic acids is 1. The molecule has 12 heavy (non-hydrogen) atoms. The molecule has 0 rings (SSSR count). The minimum Gasteiger partial charge on any atom is -0.345 e. The molecule has 1 unspecified atom stereocenters. The first-order chi connectivity index (χ1) is 5.63. The molecule has 0 aromatic rings. The molecule has 0 saturated carbocycles. The molecule has 72 valence electrons. The first-order valence-electron chi connectivity index (χ1n) is 4.18. The second-order valence-electron chi connectivity index (χ2n) is 2.86. The van der Waals surface area contributed by atoms with E-state index in [0.717, 1.165) is 19.4 Å². The van der Waals surface area contributed by atoms with Crippen LogP contribution in [0.2, 0.25) is 0 Å². The summed E-state index contributed by atoms with van der Waals surface area (Å²) in [4.78, 5) is 13.2. The summed E-state index contributed by atoms with van der Waals surface area (Å²) < 4.78 is 0. The molecule has 0 heterocycles. The van der Waals surface area contributed by atoms with Crippen molar-refractivity contribution in [3.05, 3.63) is 0 Å². The lowest BCUT2D eigenvalue weighted by molar-refractivity contribution is -0.129. The van der Waals surface area contributed by atoms with E-state index in [2.05, 4.69) is 18.6 Å². The van der Waals surface area contributed by atoms with Gasteiger partial charge in [-0.05, 0) is 13.3 Å². The van der Waals surface area contributed by atoms with Crippen LogP contribution in [0.5, 0.6) is 0 Å². The molecule has 2 nitrogen and oxygen atoms in total. The Morgan fingerprint density at radius 1 is 1.67 bits per heavy atom. The van der Waals surface area contributed by atoms with Gasteiger partial charge in [0.25, 0.3) is 0 Å². The number of thiol groups is 1. The van der Waals surface area contributed by atoms with Crippen LogP contribution in [-0.2, 0) is 4.79 Å². The van der Waals surface area contributed by atoms with Crippen LogP contribution < -0.4 is 0 Å². The standard InChI is InChI=1S/C8H17NOS2/c1-4-5-6-9(3)8(10)7(2)12-11/h7,11H,4-6H2,1-3H3. The van der Waals surface area contributed by atoms with E-state index in [1.165, 1.54) is 10.8 Å². The zero-order valence-corrected chi connectivity index (χ0v) is 9.62. The highest BCUT2D eigenvalue weighted by Crippen LogP contribution is 2.16. The van der Waals surface area contributed by atoms with Gasteiger partial charge in [-0.3, -0.25) is 4.79 Å².